The monoisotopic (exact) mass is 343 g/mol. The second kappa shape index (κ2) is 10.1. The Bertz CT molecular complexity index is 506. The zero-order chi connectivity index (χ0) is 16.7. The second-order valence-electron chi connectivity index (χ2n) is 5.70. The lowest BCUT2D eigenvalue weighted by atomic mass is 10.0. The maximum Gasteiger partial charge on any atom is 0.255 e. The molecule has 0 aliphatic carbocycles. The highest BCUT2D eigenvalue weighted by molar-refractivity contribution is 5.94. The minimum Gasteiger partial charge on any atom is -0.484 e. The van der Waals surface area contributed by atoms with Gasteiger partial charge in [0.05, 0.1) is 0 Å². The average molecular weight is 344 g/mol. The van der Waals surface area contributed by atoms with E-state index in [9.17, 15) is 9.59 Å². The summed E-state index contributed by atoms with van der Waals surface area (Å²) in [5.41, 5.74) is 11.6. The van der Waals surface area contributed by atoms with Crippen LogP contribution in [0.5, 0.6) is 5.75 Å². The normalized spacial score (nSPS) is 11.5. The average Bonchev–Trinajstić information content (AvgIpc) is 2.49. The molecule has 0 aliphatic heterocycles. The van der Waals surface area contributed by atoms with Crippen LogP contribution in [0.25, 0.3) is 0 Å². The van der Waals surface area contributed by atoms with Crippen LogP contribution in [0.4, 0.5) is 0 Å². The van der Waals surface area contributed by atoms with Gasteiger partial charge in [-0.1, -0.05) is 13.8 Å². The van der Waals surface area contributed by atoms with E-state index in [2.05, 4.69) is 13.8 Å². The Morgan fingerprint density at radius 3 is 2.26 bits per heavy atom. The number of ether oxygens (including phenoxy) is 1. The quantitative estimate of drug-likeness (QED) is 0.745. The first-order valence-electron chi connectivity index (χ1n) is 7.33. The van der Waals surface area contributed by atoms with Gasteiger partial charge >= 0.3 is 0 Å². The topological polar surface area (TPSA) is 98.7 Å². The number of benzene rings is 1. The van der Waals surface area contributed by atoms with Crippen LogP contribution in [0, 0.1) is 5.92 Å². The fourth-order valence-electron chi connectivity index (χ4n) is 1.85. The third kappa shape index (κ3) is 7.34. The minimum absolute atomic E-state index is 0. The molecule has 4 N–H and O–H groups in total. The van der Waals surface area contributed by atoms with Crippen molar-refractivity contribution in [1.29, 1.82) is 0 Å². The largest absolute Gasteiger partial charge is 0.484 e. The molecule has 23 heavy (non-hydrogen) atoms. The molecule has 0 aliphatic rings. The fraction of sp³-hybridized carbons (Fsp3) is 0.500. The summed E-state index contributed by atoms with van der Waals surface area (Å²) in [5, 5.41) is 0. The van der Waals surface area contributed by atoms with Crippen LogP contribution in [-0.4, -0.2) is 43.0 Å². The highest BCUT2D eigenvalue weighted by atomic mass is 35.5. The number of rotatable bonds is 8. The number of halogens is 1. The summed E-state index contributed by atoms with van der Waals surface area (Å²) in [7, 11) is 1.76. The van der Waals surface area contributed by atoms with Crippen LogP contribution in [0.15, 0.2) is 24.3 Å². The van der Waals surface area contributed by atoms with Crippen LogP contribution in [0.1, 0.15) is 30.6 Å². The molecule has 7 heteroatoms. The highest BCUT2D eigenvalue weighted by Gasteiger charge is 2.14. The molecule has 0 radical (unpaired) electrons. The molecular formula is C16H26ClN3O3. The van der Waals surface area contributed by atoms with Crippen molar-refractivity contribution in [1.82, 2.24) is 4.90 Å². The van der Waals surface area contributed by atoms with E-state index >= 15 is 0 Å². The first kappa shape index (κ1) is 21.2. The van der Waals surface area contributed by atoms with Gasteiger partial charge in [-0.3, -0.25) is 9.59 Å². The van der Waals surface area contributed by atoms with E-state index in [-0.39, 0.29) is 31.0 Å². The number of carbonyl (C=O) groups is 2. The van der Waals surface area contributed by atoms with Gasteiger partial charge in [0, 0.05) is 25.2 Å². The summed E-state index contributed by atoms with van der Waals surface area (Å²) in [6.07, 6.45) is 0.764. The molecule has 1 rings (SSSR count). The number of carbonyl (C=O) groups excluding carboxylic acids is 2. The Morgan fingerprint density at radius 1 is 1.22 bits per heavy atom. The number of hydrogen-bond acceptors (Lipinski definition) is 4. The summed E-state index contributed by atoms with van der Waals surface area (Å²) in [4.78, 5) is 24.6. The molecule has 0 heterocycles. The van der Waals surface area contributed by atoms with Gasteiger partial charge in [0.15, 0.2) is 6.61 Å². The van der Waals surface area contributed by atoms with Crippen LogP contribution in [0.3, 0.4) is 0 Å². The van der Waals surface area contributed by atoms with Gasteiger partial charge < -0.3 is 21.1 Å². The molecule has 0 bridgehead atoms. The maximum absolute atomic E-state index is 12.3. The first-order valence-corrected chi connectivity index (χ1v) is 7.33. The van der Waals surface area contributed by atoms with Crippen molar-refractivity contribution in [3.8, 4) is 5.75 Å². The molecule has 130 valence electrons. The van der Waals surface area contributed by atoms with E-state index in [1.54, 1.807) is 36.2 Å². The third-order valence-electron chi connectivity index (χ3n) is 3.48. The molecule has 0 fully saturated rings. The van der Waals surface area contributed by atoms with Gasteiger partial charge in [0.2, 0.25) is 0 Å². The molecule has 2 amide bonds. The van der Waals surface area contributed by atoms with Gasteiger partial charge in [0.1, 0.15) is 5.75 Å². The van der Waals surface area contributed by atoms with Gasteiger partial charge in [0.25, 0.3) is 11.8 Å². The molecule has 0 saturated heterocycles. The summed E-state index contributed by atoms with van der Waals surface area (Å²) in [6.45, 7) is 4.56. The van der Waals surface area contributed by atoms with Gasteiger partial charge in [-0.05, 0) is 36.6 Å². The van der Waals surface area contributed by atoms with Crippen molar-refractivity contribution in [2.45, 2.75) is 26.3 Å². The number of nitrogens with zero attached hydrogens (tertiary/aromatic N) is 1. The van der Waals surface area contributed by atoms with Crippen molar-refractivity contribution in [2.75, 3.05) is 20.2 Å². The lowest BCUT2D eigenvalue weighted by molar-refractivity contribution is -0.119. The number of amides is 2. The minimum atomic E-state index is -0.540. The summed E-state index contributed by atoms with van der Waals surface area (Å²) in [5.74, 6) is 0.281. The van der Waals surface area contributed by atoms with Crippen molar-refractivity contribution in [3.05, 3.63) is 29.8 Å². The summed E-state index contributed by atoms with van der Waals surface area (Å²) < 4.78 is 5.15. The molecular weight excluding hydrogens is 318 g/mol. The van der Waals surface area contributed by atoms with Gasteiger partial charge in [-0.25, -0.2) is 0 Å². The Kier molecular flexibility index (Phi) is 9.29. The van der Waals surface area contributed by atoms with E-state index < -0.39 is 5.91 Å². The van der Waals surface area contributed by atoms with E-state index in [0.717, 1.165) is 6.42 Å². The molecule has 1 aromatic carbocycles. The van der Waals surface area contributed by atoms with Crippen LogP contribution in [-0.2, 0) is 4.79 Å². The van der Waals surface area contributed by atoms with E-state index in [1.807, 2.05) is 0 Å². The molecule has 0 aromatic heterocycles. The first-order chi connectivity index (χ1) is 10.3. The predicted molar refractivity (Wildman–Crippen MR) is 92.8 cm³/mol. The molecule has 0 saturated carbocycles. The van der Waals surface area contributed by atoms with Crippen molar-refractivity contribution in [2.24, 2.45) is 17.4 Å². The van der Waals surface area contributed by atoms with E-state index in [1.165, 1.54) is 0 Å². The maximum atomic E-state index is 12.3. The number of hydrogen-bond donors (Lipinski definition) is 2. The predicted octanol–water partition coefficient (Wildman–Crippen LogP) is 1.42. The Balaban J connectivity index is 0.00000484. The van der Waals surface area contributed by atoms with E-state index in [0.29, 0.717) is 23.8 Å². The molecule has 6 nitrogen and oxygen atoms in total. The number of nitrogens with two attached hydrogens (primary N) is 2. The lowest BCUT2D eigenvalue weighted by Gasteiger charge is -2.21. The highest BCUT2D eigenvalue weighted by Crippen LogP contribution is 2.14. The van der Waals surface area contributed by atoms with Crippen LogP contribution >= 0.6 is 12.4 Å². The van der Waals surface area contributed by atoms with Crippen molar-refractivity contribution in [3.63, 3.8) is 0 Å². The molecule has 1 aromatic rings. The smallest absolute Gasteiger partial charge is 0.255 e. The van der Waals surface area contributed by atoms with Gasteiger partial charge in [-0.2, -0.15) is 0 Å². The Morgan fingerprint density at radius 2 is 1.78 bits per heavy atom. The third-order valence-corrected chi connectivity index (χ3v) is 3.48. The Hall–Kier alpha value is -1.79. The standard InChI is InChI=1S/C16H25N3O3.ClH/c1-11(2)14(17)8-9-19(3)16(21)12-4-6-13(7-5-12)22-10-15(18)20;/h4-7,11,14H,8-10,17H2,1-3H3,(H2,18,20);1H. The van der Waals surface area contributed by atoms with Gasteiger partial charge in [-0.15, -0.1) is 12.4 Å². The zero-order valence-corrected chi connectivity index (χ0v) is 14.6. The van der Waals surface area contributed by atoms with Crippen LogP contribution < -0.4 is 16.2 Å². The zero-order valence-electron chi connectivity index (χ0n) is 13.8. The lowest BCUT2D eigenvalue weighted by Crippen LogP contribution is -2.34. The van der Waals surface area contributed by atoms with E-state index in [4.69, 9.17) is 16.2 Å². The summed E-state index contributed by atoms with van der Waals surface area (Å²) in [6, 6.07) is 6.70. The van der Waals surface area contributed by atoms with Crippen LogP contribution in [0.2, 0.25) is 0 Å². The Labute approximate surface area is 143 Å². The fourth-order valence-corrected chi connectivity index (χ4v) is 1.85. The molecule has 0 spiro atoms. The number of primary amides is 1. The molecule has 1 unspecified atom stereocenters. The van der Waals surface area contributed by atoms with Crippen molar-refractivity contribution >= 4 is 24.2 Å². The summed E-state index contributed by atoms with van der Waals surface area (Å²) >= 11 is 0. The molecule has 1 atom stereocenters. The SMILES string of the molecule is CC(C)C(N)CCN(C)C(=O)c1ccc(OCC(N)=O)cc1.Cl. The van der Waals surface area contributed by atoms with Crippen molar-refractivity contribution < 1.29 is 14.3 Å². The second-order valence-corrected chi connectivity index (χ2v) is 5.70.